The number of rotatable bonds is 5. The molecule has 21 heavy (non-hydrogen) atoms. The predicted octanol–water partition coefficient (Wildman–Crippen LogP) is 1.25. The van der Waals surface area contributed by atoms with Crippen LogP contribution in [0.2, 0.25) is 0 Å². The van der Waals surface area contributed by atoms with Crippen LogP contribution < -0.4 is 4.72 Å². The average Bonchev–Trinajstić information content (AvgIpc) is 2.47. The largest absolute Gasteiger partial charge is 0.392 e. The molecule has 5 nitrogen and oxygen atoms in total. The minimum Gasteiger partial charge on any atom is -0.392 e. The molecule has 1 aliphatic heterocycles. The number of likely N-dealkylation sites (N-methyl/N-ethyl adjacent to an activating group) is 1. The summed E-state index contributed by atoms with van der Waals surface area (Å²) in [5, 5.41) is 9.18. The molecule has 0 bridgehead atoms. The summed E-state index contributed by atoms with van der Waals surface area (Å²) in [4.78, 5) is 2.52. The van der Waals surface area contributed by atoms with Crippen LogP contribution in [0, 0.1) is 6.92 Å². The smallest absolute Gasteiger partial charge is 0.241 e. The van der Waals surface area contributed by atoms with Gasteiger partial charge in [-0.2, -0.15) is 0 Å². The van der Waals surface area contributed by atoms with Gasteiger partial charge >= 0.3 is 0 Å². The molecule has 0 aromatic heterocycles. The summed E-state index contributed by atoms with van der Waals surface area (Å²) in [6.45, 7) is 6.44. The van der Waals surface area contributed by atoms with E-state index < -0.39 is 10.0 Å². The van der Waals surface area contributed by atoms with Crippen molar-refractivity contribution >= 4 is 10.0 Å². The highest BCUT2D eigenvalue weighted by molar-refractivity contribution is 7.89. The standard InChI is InChI=1S/C15H24N2O3S/c1-3-17-8-4-5-14(10-17)16-21(19,20)15-9-13(11-18)7-6-12(15)2/h6-7,9,14,16,18H,3-5,8,10-11H2,1-2H3. The van der Waals surface area contributed by atoms with E-state index in [2.05, 4.69) is 16.5 Å². The number of aryl methyl sites for hydroxylation is 1. The van der Waals surface area contributed by atoms with Gasteiger partial charge in [0.2, 0.25) is 10.0 Å². The number of likely N-dealkylation sites (tertiary alicyclic amines) is 1. The van der Waals surface area contributed by atoms with Gasteiger partial charge in [-0.3, -0.25) is 0 Å². The lowest BCUT2D eigenvalue weighted by Crippen LogP contribution is -2.47. The number of nitrogens with one attached hydrogen (secondary N) is 1. The Labute approximate surface area is 127 Å². The Balaban J connectivity index is 2.18. The van der Waals surface area contributed by atoms with Crippen molar-refractivity contribution in [3.63, 3.8) is 0 Å². The minimum absolute atomic E-state index is 0.0408. The zero-order valence-electron chi connectivity index (χ0n) is 12.7. The summed E-state index contributed by atoms with van der Waals surface area (Å²) in [5.41, 5.74) is 1.31. The average molecular weight is 312 g/mol. The Morgan fingerprint density at radius 3 is 2.86 bits per heavy atom. The Hall–Kier alpha value is -0.950. The Kier molecular flexibility index (Phi) is 5.37. The first-order valence-corrected chi connectivity index (χ1v) is 8.89. The molecule has 0 amide bonds. The number of hydrogen-bond acceptors (Lipinski definition) is 4. The van der Waals surface area contributed by atoms with Gasteiger partial charge in [0.05, 0.1) is 11.5 Å². The number of benzene rings is 1. The fourth-order valence-electron chi connectivity index (χ4n) is 2.75. The third-order valence-corrected chi connectivity index (χ3v) is 5.66. The van der Waals surface area contributed by atoms with Gasteiger partial charge < -0.3 is 10.0 Å². The first kappa shape index (κ1) is 16.4. The molecule has 1 aromatic carbocycles. The molecule has 0 aliphatic carbocycles. The molecule has 0 radical (unpaired) electrons. The predicted molar refractivity (Wildman–Crippen MR) is 82.6 cm³/mol. The van der Waals surface area contributed by atoms with Gasteiger partial charge in [-0.05, 0) is 50.0 Å². The molecular weight excluding hydrogens is 288 g/mol. The van der Waals surface area contributed by atoms with Crippen molar-refractivity contribution in [2.45, 2.75) is 44.2 Å². The fraction of sp³-hybridized carbons (Fsp3) is 0.600. The summed E-state index contributed by atoms with van der Waals surface area (Å²) in [6.07, 6.45) is 1.88. The maximum Gasteiger partial charge on any atom is 0.241 e. The van der Waals surface area contributed by atoms with Crippen molar-refractivity contribution in [1.29, 1.82) is 0 Å². The molecule has 1 atom stereocenters. The zero-order valence-corrected chi connectivity index (χ0v) is 13.5. The van der Waals surface area contributed by atoms with Crippen molar-refractivity contribution in [3.05, 3.63) is 29.3 Å². The van der Waals surface area contributed by atoms with E-state index in [0.29, 0.717) is 11.1 Å². The minimum atomic E-state index is -3.54. The van der Waals surface area contributed by atoms with Gasteiger partial charge in [0.1, 0.15) is 0 Å². The molecule has 1 aromatic rings. The van der Waals surface area contributed by atoms with Crippen LogP contribution in [0.1, 0.15) is 30.9 Å². The van der Waals surface area contributed by atoms with Crippen LogP contribution in [0.5, 0.6) is 0 Å². The second-order valence-corrected chi connectivity index (χ2v) is 7.29. The molecule has 0 spiro atoms. The number of aliphatic hydroxyl groups excluding tert-OH is 1. The molecular formula is C15H24N2O3S. The maximum absolute atomic E-state index is 12.6. The normalized spacial score (nSPS) is 20.6. The molecule has 1 aliphatic rings. The van der Waals surface area contributed by atoms with Crippen LogP contribution in [-0.2, 0) is 16.6 Å². The molecule has 0 saturated carbocycles. The van der Waals surface area contributed by atoms with Crippen molar-refractivity contribution < 1.29 is 13.5 Å². The SMILES string of the molecule is CCN1CCCC(NS(=O)(=O)c2cc(CO)ccc2C)C1. The lowest BCUT2D eigenvalue weighted by molar-refractivity contribution is 0.211. The summed E-state index contributed by atoms with van der Waals surface area (Å²) in [7, 11) is -3.54. The highest BCUT2D eigenvalue weighted by Gasteiger charge is 2.25. The van der Waals surface area contributed by atoms with E-state index in [4.69, 9.17) is 0 Å². The van der Waals surface area contributed by atoms with Crippen molar-refractivity contribution in [2.24, 2.45) is 0 Å². The van der Waals surface area contributed by atoms with Gasteiger partial charge in [0.25, 0.3) is 0 Å². The van der Waals surface area contributed by atoms with E-state index in [1.54, 1.807) is 25.1 Å². The first-order chi connectivity index (χ1) is 9.96. The summed E-state index contributed by atoms with van der Waals surface area (Å²) < 4.78 is 28.0. The van der Waals surface area contributed by atoms with Crippen LogP contribution in [0.25, 0.3) is 0 Å². The van der Waals surface area contributed by atoms with E-state index >= 15 is 0 Å². The molecule has 6 heteroatoms. The molecule has 1 saturated heterocycles. The van der Waals surface area contributed by atoms with Crippen molar-refractivity contribution in [1.82, 2.24) is 9.62 Å². The molecule has 1 unspecified atom stereocenters. The molecule has 1 heterocycles. The molecule has 2 N–H and O–H groups in total. The quantitative estimate of drug-likeness (QED) is 0.858. The Bertz CT molecular complexity index is 587. The second kappa shape index (κ2) is 6.87. The summed E-state index contributed by atoms with van der Waals surface area (Å²) in [6, 6.07) is 4.99. The van der Waals surface area contributed by atoms with E-state index in [1.807, 2.05) is 0 Å². The van der Waals surface area contributed by atoms with Gasteiger partial charge in [-0.1, -0.05) is 19.1 Å². The van der Waals surface area contributed by atoms with Crippen LogP contribution >= 0.6 is 0 Å². The van der Waals surface area contributed by atoms with Gasteiger partial charge in [-0.15, -0.1) is 0 Å². The van der Waals surface area contributed by atoms with Crippen molar-refractivity contribution in [2.75, 3.05) is 19.6 Å². The maximum atomic E-state index is 12.6. The van der Waals surface area contributed by atoms with Crippen molar-refractivity contribution in [3.8, 4) is 0 Å². The van der Waals surface area contributed by atoms with Gasteiger partial charge in [0, 0.05) is 12.6 Å². The van der Waals surface area contributed by atoms with E-state index in [-0.39, 0.29) is 17.5 Å². The third kappa shape index (κ3) is 4.03. The Morgan fingerprint density at radius 1 is 1.43 bits per heavy atom. The molecule has 1 fully saturated rings. The summed E-state index contributed by atoms with van der Waals surface area (Å²) >= 11 is 0. The van der Waals surface area contributed by atoms with Gasteiger partial charge in [-0.25, -0.2) is 13.1 Å². The van der Waals surface area contributed by atoms with Crippen LogP contribution in [0.4, 0.5) is 0 Å². The highest BCUT2D eigenvalue weighted by atomic mass is 32.2. The molecule has 2 rings (SSSR count). The fourth-order valence-corrected chi connectivity index (χ4v) is 4.31. The molecule has 118 valence electrons. The second-order valence-electron chi connectivity index (χ2n) is 5.61. The van der Waals surface area contributed by atoms with Crippen LogP contribution in [-0.4, -0.2) is 44.1 Å². The highest BCUT2D eigenvalue weighted by Crippen LogP contribution is 2.19. The first-order valence-electron chi connectivity index (χ1n) is 7.41. The van der Waals surface area contributed by atoms with E-state index in [9.17, 15) is 13.5 Å². The monoisotopic (exact) mass is 312 g/mol. The topological polar surface area (TPSA) is 69.6 Å². The lowest BCUT2D eigenvalue weighted by Gasteiger charge is -2.32. The number of nitrogens with zero attached hydrogens (tertiary/aromatic N) is 1. The van der Waals surface area contributed by atoms with E-state index in [0.717, 1.165) is 32.5 Å². The lowest BCUT2D eigenvalue weighted by atomic mass is 10.1. The number of hydrogen-bond donors (Lipinski definition) is 2. The van der Waals surface area contributed by atoms with E-state index in [1.165, 1.54) is 0 Å². The third-order valence-electron chi connectivity index (χ3n) is 4.00. The van der Waals surface area contributed by atoms with Crippen LogP contribution in [0.3, 0.4) is 0 Å². The number of sulfonamides is 1. The van der Waals surface area contributed by atoms with Gasteiger partial charge in [0.15, 0.2) is 0 Å². The zero-order chi connectivity index (χ0) is 15.5. The Morgan fingerprint density at radius 2 is 2.19 bits per heavy atom. The van der Waals surface area contributed by atoms with Crippen LogP contribution in [0.15, 0.2) is 23.1 Å². The number of aliphatic hydroxyl groups is 1. The summed E-state index contributed by atoms with van der Waals surface area (Å²) in [5.74, 6) is 0. The number of piperidine rings is 1.